The summed E-state index contributed by atoms with van der Waals surface area (Å²) >= 11 is 4.55. The molecule has 3 heteroatoms. The van der Waals surface area contributed by atoms with E-state index in [0.717, 1.165) is 63.0 Å². The van der Waals surface area contributed by atoms with Crippen molar-refractivity contribution in [2.75, 3.05) is 0 Å². The fourth-order valence-electron chi connectivity index (χ4n) is 8.87. The molecule has 3 saturated carbocycles. The molecule has 10 atom stereocenters. The van der Waals surface area contributed by atoms with E-state index in [1.54, 1.807) is 9.81 Å². The molecule has 3 aliphatic carbocycles. The first-order valence-corrected chi connectivity index (χ1v) is 16.8. The maximum Gasteiger partial charge on any atom is 0.0566 e. The van der Waals surface area contributed by atoms with Crippen LogP contribution in [0.15, 0.2) is 22.0 Å². The third-order valence-electron chi connectivity index (χ3n) is 9.76. The van der Waals surface area contributed by atoms with E-state index in [9.17, 15) is 0 Å². The molecule has 0 N–H and O–H groups in total. The number of fused-ring (bicyclic) bond motifs is 4. The SMILES string of the molecule is CC1=CC2C3C=C(C)SC3C([Si](C)(C)C3C(C)CC4C(C)CCC(C)C43)C2S1. The normalized spacial score (nSPS) is 52.9. The molecular formula is C25H40S2Si. The average Bonchev–Trinajstić information content (AvgIpc) is 3.30. The highest BCUT2D eigenvalue weighted by Crippen LogP contribution is 2.69. The topological polar surface area (TPSA) is 0 Å². The fraction of sp³-hybridized carbons (Fsp3) is 0.840. The Kier molecular flexibility index (Phi) is 5.04. The quantitative estimate of drug-likeness (QED) is 0.405. The lowest BCUT2D eigenvalue weighted by molar-refractivity contribution is 0.135. The highest BCUT2D eigenvalue weighted by Gasteiger charge is 2.63. The maximum absolute atomic E-state index is 2.84. The third-order valence-corrected chi connectivity index (χ3v) is 18.1. The van der Waals surface area contributed by atoms with Crippen LogP contribution in [0, 0.1) is 41.4 Å². The molecular weight excluding hydrogens is 392 g/mol. The van der Waals surface area contributed by atoms with Gasteiger partial charge in [-0.1, -0.05) is 58.9 Å². The number of hydrogen-bond acceptors (Lipinski definition) is 2. The highest BCUT2D eigenvalue weighted by atomic mass is 32.2. The van der Waals surface area contributed by atoms with E-state index in [0.29, 0.717) is 0 Å². The minimum absolute atomic E-state index is 0.826. The molecule has 3 fully saturated rings. The summed E-state index contributed by atoms with van der Waals surface area (Å²) in [5.41, 5.74) is 2.03. The Morgan fingerprint density at radius 3 is 1.89 bits per heavy atom. The van der Waals surface area contributed by atoms with E-state index < -0.39 is 8.07 Å². The first-order valence-electron chi connectivity index (χ1n) is 11.9. The minimum atomic E-state index is -1.42. The van der Waals surface area contributed by atoms with Gasteiger partial charge in [-0.15, -0.1) is 23.5 Å². The Bertz CT molecular complexity index is 677. The van der Waals surface area contributed by atoms with E-state index >= 15 is 0 Å². The van der Waals surface area contributed by atoms with Crippen molar-refractivity contribution in [3.8, 4) is 0 Å². The number of allylic oxidation sites excluding steroid dienone is 4. The average molecular weight is 433 g/mol. The smallest absolute Gasteiger partial charge is 0.0566 e. The van der Waals surface area contributed by atoms with Crippen LogP contribution in [0.4, 0.5) is 0 Å². The molecule has 0 aromatic rings. The predicted molar refractivity (Wildman–Crippen MR) is 131 cm³/mol. The van der Waals surface area contributed by atoms with Crippen LogP contribution in [0.25, 0.3) is 0 Å². The Hall–Kier alpha value is 0.397. The molecule has 0 aromatic heterocycles. The van der Waals surface area contributed by atoms with Crippen molar-refractivity contribution in [3.05, 3.63) is 22.0 Å². The molecule has 0 saturated heterocycles. The van der Waals surface area contributed by atoms with Crippen LogP contribution in [0.3, 0.4) is 0 Å². The Morgan fingerprint density at radius 1 is 0.786 bits per heavy atom. The third kappa shape index (κ3) is 2.84. The summed E-state index contributed by atoms with van der Waals surface area (Å²) < 4.78 is 0. The highest BCUT2D eigenvalue weighted by molar-refractivity contribution is 8.05. The molecule has 156 valence electrons. The summed E-state index contributed by atoms with van der Waals surface area (Å²) in [6, 6.07) is 0. The molecule has 5 rings (SSSR count). The van der Waals surface area contributed by atoms with Crippen LogP contribution >= 0.6 is 23.5 Å². The molecule has 2 heterocycles. The van der Waals surface area contributed by atoms with Crippen LogP contribution in [0.2, 0.25) is 24.2 Å². The lowest BCUT2D eigenvalue weighted by Gasteiger charge is -2.49. The molecule has 10 unspecified atom stereocenters. The molecule has 0 bridgehead atoms. The van der Waals surface area contributed by atoms with Gasteiger partial charge < -0.3 is 0 Å². The van der Waals surface area contributed by atoms with Gasteiger partial charge in [0, 0.05) is 10.5 Å². The lowest BCUT2D eigenvalue weighted by Crippen LogP contribution is -2.49. The van der Waals surface area contributed by atoms with E-state index in [-0.39, 0.29) is 0 Å². The van der Waals surface area contributed by atoms with Gasteiger partial charge in [-0.25, -0.2) is 0 Å². The van der Waals surface area contributed by atoms with Gasteiger partial charge in [0.25, 0.3) is 0 Å². The zero-order valence-electron chi connectivity index (χ0n) is 18.9. The van der Waals surface area contributed by atoms with Crippen LogP contribution < -0.4 is 0 Å². The predicted octanol–water partition coefficient (Wildman–Crippen LogP) is 8.06. The first kappa shape index (κ1) is 20.3. The zero-order valence-corrected chi connectivity index (χ0v) is 21.6. The van der Waals surface area contributed by atoms with Crippen molar-refractivity contribution < 1.29 is 0 Å². The summed E-state index contributed by atoms with van der Waals surface area (Å²) in [7, 11) is -1.42. The van der Waals surface area contributed by atoms with Crippen LogP contribution in [-0.2, 0) is 0 Å². The molecule has 0 spiro atoms. The van der Waals surface area contributed by atoms with Crippen LogP contribution in [0.1, 0.15) is 53.9 Å². The van der Waals surface area contributed by atoms with Gasteiger partial charge in [-0.3, -0.25) is 0 Å². The summed E-state index contributed by atoms with van der Waals surface area (Å²) in [5.74, 6) is 6.59. The van der Waals surface area contributed by atoms with E-state index in [1.807, 2.05) is 0 Å². The Morgan fingerprint density at radius 2 is 1.32 bits per heavy atom. The molecule has 28 heavy (non-hydrogen) atoms. The first-order chi connectivity index (χ1) is 13.2. The zero-order chi connectivity index (χ0) is 20.0. The number of rotatable bonds is 2. The Labute approximate surface area is 183 Å². The minimum Gasteiger partial charge on any atom is -0.127 e. The molecule has 5 aliphatic rings. The van der Waals surface area contributed by atoms with Gasteiger partial charge >= 0.3 is 0 Å². The summed E-state index contributed by atoms with van der Waals surface area (Å²) in [4.78, 5) is 3.23. The van der Waals surface area contributed by atoms with E-state index in [1.165, 1.54) is 19.3 Å². The van der Waals surface area contributed by atoms with Gasteiger partial charge in [0.15, 0.2) is 0 Å². The van der Waals surface area contributed by atoms with Gasteiger partial charge in [0.1, 0.15) is 0 Å². The van der Waals surface area contributed by atoms with Crippen molar-refractivity contribution in [2.45, 2.75) is 88.6 Å². The van der Waals surface area contributed by atoms with Gasteiger partial charge in [-0.2, -0.15) is 0 Å². The summed E-state index contributed by atoms with van der Waals surface area (Å²) in [6.07, 6.45) is 9.84. The standard InChI is InChI=1S/C25H40S2Si/c1-13-8-9-14(2)21-18(13)10-15(3)24(21)28(6,7)25-22-19(11-16(4)26-22)20-12-17(5)27-23(20)25/h11-15,18-25H,8-10H2,1-7H3. The second-order valence-electron chi connectivity index (χ2n) is 11.7. The molecule has 0 amide bonds. The summed E-state index contributed by atoms with van der Waals surface area (Å²) in [6.45, 7) is 18.3. The largest absolute Gasteiger partial charge is 0.127 e. The monoisotopic (exact) mass is 432 g/mol. The van der Waals surface area contributed by atoms with E-state index in [2.05, 4.69) is 83.4 Å². The van der Waals surface area contributed by atoms with Crippen molar-refractivity contribution in [1.82, 2.24) is 0 Å². The van der Waals surface area contributed by atoms with Crippen molar-refractivity contribution in [1.29, 1.82) is 0 Å². The van der Waals surface area contributed by atoms with Crippen molar-refractivity contribution >= 4 is 31.6 Å². The second kappa shape index (κ2) is 6.95. The van der Waals surface area contributed by atoms with Crippen molar-refractivity contribution in [2.24, 2.45) is 41.4 Å². The number of thioether (sulfide) groups is 2. The number of hydrogen-bond donors (Lipinski definition) is 0. The fourth-order valence-corrected chi connectivity index (χ4v) is 20.0. The van der Waals surface area contributed by atoms with E-state index in [4.69, 9.17) is 0 Å². The molecule has 0 radical (unpaired) electrons. The Balaban J connectivity index is 1.51. The maximum atomic E-state index is 2.84. The van der Waals surface area contributed by atoms with Crippen LogP contribution in [-0.4, -0.2) is 18.6 Å². The lowest BCUT2D eigenvalue weighted by atomic mass is 9.69. The van der Waals surface area contributed by atoms with Gasteiger partial charge in [-0.05, 0) is 82.6 Å². The molecule has 2 aliphatic heterocycles. The molecule has 0 aromatic carbocycles. The van der Waals surface area contributed by atoms with Crippen molar-refractivity contribution in [3.63, 3.8) is 0 Å². The van der Waals surface area contributed by atoms with Crippen LogP contribution in [0.5, 0.6) is 0 Å². The summed E-state index contributed by atoms with van der Waals surface area (Å²) in [5, 5.41) is 1.77. The van der Waals surface area contributed by atoms with Gasteiger partial charge in [0.2, 0.25) is 0 Å². The van der Waals surface area contributed by atoms with Gasteiger partial charge in [0.05, 0.1) is 8.07 Å². The molecule has 0 nitrogen and oxygen atoms in total. The second-order valence-corrected chi connectivity index (χ2v) is 19.6.